The zero-order valence-corrected chi connectivity index (χ0v) is 13.5. The fraction of sp³-hybridized carbons (Fsp3) is 0. The Bertz CT molecular complexity index is 816. The third kappa shape index (κ3) is 3.85. The zero-order chi connectivity index (χ0) is 16.2. The van der Waals surface area contributed by atoms with Crippen molar-refractivity contribution in [3.8, 4) is 0 Å². The van der Waals surface area contributed by atoms with E-state index in [1.54, 1.807) is 24.3 Å². The van der Waals surface area contributed by atoms with Crippen molar-refractivity contribution < 1.29 is 9.59 Å². The number of thioether (sulfide) groups is 1. The van der Waals surface area contributed by atoms with Gasteiger partial charge in [0.2, 0.25) is 0 Å². The largest absolute Gasteiger partial charge is 0.322 e. The van der Waals surface area contributed by atoms with Gasteiger partial charge < -0.3 is 10.6 Å². The molecule has 0 aromatic heterocycles. The molecule has 2 aromatic carbocycles. The highest BCUT2D eigenvalue weighted by Gasteiger charge is 2.21. The van der Waals surface area contributed by atoms with Crippen molar-refractivity contribution in [2.45, 2.75) is 0 Å². The number of anilines is 1. The van der Waals surface area contributed by atoms with E-state index in [0.29, 0.717) is 20.5 Å². The van der Waals surface area contributed by atoms with E-state index in [-0.39, 0.29) is 11.8 Å². The number of thiocarbonyl (C=S) groups is 1. The minimum atomic E-state index is -0.196. The van der Waals surface area contributed by atoms with Crippen molar-refractivity contribution >= 4 is 51.9 Å². The van der Waals surface area contributed by atoms with Crippen LogP contribution < -0.4 is 10.6 Å². The summed E-state index contributed by atoms with van der Waals surface area (Å²) >= 11 is 6.19. The number of benzene rings is 2. The highest BCUT2D eigenvalue weighted by atomic mass is 32.2. The predicted octanol–water partition coefficient (Wildman–Crippen LogP) is 3.43. The summed E-state index contributed by atoms with van der Waals surface area (Å²) in [4.78, 5) is 24.4. The molecule has 0 unspecified atom stereocenters. The lowest BCUT2D eigenvalue weighted by Crippen LogP contribution is -2.17. The third-order valence-corrected chi connectivity index (χ3v) is 4.28. The second-order valence-corrected chi connectivity index (χ2v) is 6.52. The van der Waals surface area contributed by atoms with Crippen molar-refractivity contribution in [3.05, 3.63) is 70.6 Å². The molecule has 0 radical (unpaired) electrons. The molecular weight excluding hydrogens is 328 g/mol. The lowest BCUT2D eigenvalue weighted by Gasteiger charge is -2.06. The fourth-order valence-electron chi connectivity index (χ4n) is 2.07. The second-order valence-electron chi connectivity index (χ2n) is 4.80. The van der Waals surface area contributed by atoms with Gasteiger partial charge in [0, 0.05) is 11.3 Å². The van der Waals surface area contributed by atoms with Crippen molar-refractivity contribution in [1.82, 2.24) is 5.32 Å². The van der Waals surface area contributed by atoms with Gasteiger partial charge in [0.05, 0.1) is 4.91 Å². The van der Waals surface area contributed by atoms with E-state index in [1.165, 1.54) is 11.8 Å². The summed E-state index contributed by atoms with van der Waals surface area (Å²) in [5.41, 5.74) is 2.07. The van der Waals surface area contributed by atoms with E-state index in [0.717, 1.165) is 5.56 Å². The Morgan fingerprint density at radius 1 is 1.13 bits per heavy atom. The quantitative estimate of drug-likeness (QED) is 0.664. The minimum Gasteiger partial charge on any atom is -0.322 e. The molecule has 6 heteroatoms. The maximum atomic E-state index is 12.2. The monoisotopic (exact) mass is 340 g/mol. The molecule has 0 atom stereocenters. The first-order chi connectivity index (χ1) is 11.1. The second kappa shape index (κ2) is 6.76. The van der Waals surface area contributed by atoms with Crippen LogP contribution in [0.5, 0.6) is 0 Å². The van der Waals surface area contributed by atoms with Crippen LogP contribution in [-0.2, 0) is 4.79 Å². The van der Waals surface area contributed by atoms with Crippen LogP contribution in [0.1, 0.15) is 15.9 Å². The van der Waals surface area contributed by atoms with Gasteiger partial charge in [-0.1, -0.05) is 54.3 Å². The molecule has 2 N–H and O–H groups in total. The van der Waals surface area contributed by atoms with E-state index in [9.17, 15) is 9.59 Å². The summed E-state index contributed by atoms with van der Waals surface area (Å²) in [5, 5.41) is 5.42. The SMILES string of the molecule is O=C1NC(=S)SC1=Cc1cccc(NC(=O)c2ccccc2)c1. The molecule has 1 aliphatic rings. The first-order valence-corrected chi connectivity index (χ1v) is 8.05. The van der Waals surface area contributed by atoms with E-state index >= 15 is 0 Å². The molecule has 0 saturated carbocycles. The molecule has 2 aromatic rings. The lowest BCUT2D eigenvalue weighted by atomic mass is 10.1. The minimum absolute atomic E-state index is 0.176. The molecule has 0 spiro atoms. The summed E-state index contributed by atoms with van der Waals surface area (Å²) in [6.07, 6.45) is 1.75. The van der Waals surface area contributed by atoms with Crippen LogP contribution in [0.3, 0.4) is 0 Å². The molecule has 1 fully saturated rings. The topological polar surface area (TPSA) is 58.2 Å². The standard InChI is InChI=1S/C17H12N2O2S2/c20-15(12-6-2-1-3-7-12)18-13-8-4-5-11(9-13)10-14-16(21)19-17(22)23-14/h1-10H,(H,18,20)(H,19,21,22). The molecule has 114 valence electrons. The molecule has 0 bridgehead atoms. The van der Waals surface area contributed by atoms with Gasteiger partial charge in [-0.2, -0.15) is 0 Å². The Hall–Kier alpha value is -2.44. The van der Waals surface area contributed by atoms with E-state index < -0.39 is 0 Å². The Morgan fingerprint density at radius 3 is 2.61 bits per heavy atom. The van der Waals surface area contributed by atoms with Gasteiger partial charge in [-0.05, 0) is 35.9 Å². The van der Waals surface area contributed by atoms with Crippen molar-refractivity contribution in [2.24, 2.45) is 0 Å². The van der Waals surface area contributed by atoms with Crippen molar-refractivity contribution in [3.63, 3.8) is 0 Å². The summed E-state index contributed by atoms with van der Waals surface area (Å²) in [6, 6.07) is 16.3. The number of hydrogen-bond acceptors (Lipinski definition) is 4. The molecule has 23 heavy (non-hydrogen) atoms. The lowest BCUT2D eigenvalue weighted by molar-refractivity contribution is -0.115. The first kappa shape index (κ1) is 15.5. The average molecular weight is 340 g/mol. The molecular formula is C17H12N2O2S2. The number of carbonyl (C=O) groups excluding carboxylic acids is 2. The molecule has 1 aliphatic heterocycles. The zero-order valence-electron chi connectivity index (χ0n) is 11.9. The Kier molecular flexibility index (Phi) is 4.55. The maximum absolute atomic E-state index is 12.2. The van der Waals surface area contributed by atoms with Crippen LogP contribution >= 0.6 is 24.0 Å². The number of amides is 2. The smallest absolute Gasteiger partial charge is 0.263 e. The van der Waals surface area contributed by atoms with Crippen LogP contribution in [0.2, 0.25) is 0 Å². The predicted molar refractivity (Wildman–Crippen MR) is 97.1 cm³/mol. The number of rotatable bonds is 3. The van der Waals surface area contributed by atoms with E-state index in [4.69, 9.17) is 12.2 Å². The summed E-state index contributed by atoms with van der Waals surface area (Å²) < 4.78 is 0.454. The normalized spacial score (nSPS) is 15.6. The summed E-state index contributed by atoms with van der Waals surface area (Å²) in [6.45, 7) is 0. The van der Waals surface area contributed by atoms with Crippen molar-refractivity contribution in [2.75, 3.05) is 5.32 Å². The maximum Gasteiger partial charge on any atom is 0.263 e. The van der Waals surface area contributed by atoms with Gasteiger partial charge in [-0.15, -0.1) is 0 Å². The van der Waals surface area contributed by atoms with Gasteiger partial charge in [-0.25, -0.2) is 0 Å². The van der Waals surface area contributed by atoms with Crippen LogP contribution in [0.4, 0.5) is 5.69 Å². The van der Waals surface area contributed by atoms with Gasteiger partial charge >= 0.3 is 0 Å². The number of hydrogen-bond donors (Lipinski definition) is 2. The fourth-order valence-corrected chi connectivity index (χ4v) is 3.12. The van der Waals surface area contributed by atoms with Gasteiger partial charge in [-0.3, -0.25) is 9.59 Å². The van der Waals surface area contributed by atoms with Crippen LogP contribution in [0.25, 0.3) is 6.08 Å². The molecule has 4 nitrogen and oxygen atoms in total. The Labute approximate surface area is 143 Å². The highest BCUT2D eigenvalue weighted by molar-refractivity contribution is 8.26. The van der Waals surface area contributed by atoms with Gasteiger partial charge in [0.1, 0.15) is 4.32 Å². The Balaban J connectivity index is 1.78. The van der Waals surface area contributed by atoms with E-state index in [1.807, 2.05) is 36.4 Å². The molecule has 2 amide bonds. The van der Waals surface area contributed by atoms with Gasteiger partial charge in [0.25, 0.3) is 11.8 Å². The van der Waals surface area contributed by atoms with Crippen LogP contribution in [0, 0.1) is 0 Å². The van der Waals surface area contributed by atoms with Crippen LogP contribution in [0.15, 0.2) is 59.5 Å². The molecule has 1 heterocycles. The molecule has 1 saturated heterocycles. The summed E-state index contributed by atoms with van der Waals surface area (Å²) in [5.74, 6) is -0.372. The Morgan fingerprint density at radius 2 is 1.91 bits per heavy atom. The summed E-state index contributed by atoms with van der Waals surface area (Å²) in [7, 11) is 0. The molecule has 3 rings (SSSR count). The third-order valence-electron chi connectivity index (χ3n) is 3.12. The number of nitrogens with one attached hydrogen (secondary N) is 2. The van der Waals surface area contributed by atoms with Crippen molar-refractivity contribution in [1.29, 1.82) is 0 Å². The van der Waals surface area contributed by atoms with Gasteiger partial charge in [0.15, 0.2) is 0 Å². The van der Waals surface area contributed by atoms with E-state index in [2.05, 4.69) is 10.6 Å². The average Bonchev–Trinajstić information content (AvgIpc) is 2.86. The molecule has 0 aliphatic carbocycles. The first-order valence-electron chi connectivity index (χ1n) is 6.83. The number of carbonyl (C=O) groups is 2. The van der Waals surface area contributed by atoms with Crippen LogP contribution in [-0.4, -0.2) is 16.1 Å². The highest BCUT2D eigenvalue weighted by Crippen LogP contribution is 2.26.